The second-order valence-corrected chi connectivity index (χ2v) is 10.3. The zero-order valence-electron chi connectivity index (χ0n) is 17.7. The summed E-state index contributed by atoms with van der Waals surface area (Å²) in [6.45, 7) is 5.01. The van der Waals surface area contributed by atoms with Crippen LogP contribution in [0.1, 0.15) is 75.6 Å². The molecule has 4 aliphatic rings. The summed E-state index contributed by atoms with van der Waals surface area (Å²) in [6.07, 6.45) is 18.3. The summed E-state index contributed by atoms with van der Waals surface area (Å²) in [7, 11) is 0. The van der Waals surface area contributed by atoms with Crippen LogP contribution in [-0.4, -0.2) is 16.6 Å². The second kappa shape index (κ2) is 7.07. The third-order valence-electron chi connectivity index (χ3n) is 9.19. The van der Waals surface area contributed by atoms with E-state index < -0.39 is 0 Å². The zero-order chi connectivity index (χ0) is 20.1. The monoisotopic (exact) mass is 391 g/mol. The summed E-state index contributed by atoms with van der Waals surface area (Å²) in [5, 5.41) is 4.68. The number of aromatic nitrogens is 1. The van der Waals surface area contributed by atoms with E-state index >= 15 is 0 Å². The molecule has 1 aromatic rings. The van der Waals surface area contributed by atoms with Crippen LogP contribution in [0.5, 0.6) is 0 Å². The number of nitrogens with one attached hydrogen (secondary N) is 1. The van der Waals surface area contributed by atoms with E-state index in [-0.39, 0.29) is 11.3 Å². The van der Waals surface area contributed by atoms with Gasteiger partial charge >= 0.3 is 0 Å². The summed E-state index contributed by atoms with van der Waals surface area (Å²) in [5.74, 6) is 3.15. The molecule has 0 unspecified atom stereocenters. The molecule has 4 aliphatic carbocycles. The maximum Gasteiger partial charge on any atom is 0.271 e. The van der Waals surface area contributed by atoms with Crippen LogP contribution in [0.15, 0.2) is 41.8 Å². The van der Waals surface area contributed by atoms with Gasteiger partial charge in [0.05, 0.1) is 0 Å². The van der Waals surface area contributed by atoms with Crippen molar-refractivity contribution in [3.63, 3.8) is 0 Å². The van der Waals surface area contributed by atoms with Crippen LogP contribution in [0.3, 0.4) is 0 Å². The van der Waals surface area contributed by atoms with Crippen molar-refractivity contribution in [2.24, 2.45) is 39.6 Å². The van der Waals surface area contributed by atoms with Gasteiger partial charge in [-0.3, -0.25) is 9.78 Å². The first kappa shape index (κ1) is 19.0. The Labute approximate surface area is 174 Å². The molecule has 0 radical (unpaired) electrons. The van der Waals surface area contributed by atoms with E-state index in [0.29, 0.717) is 11.0 Å². The molecule has 4 heteroatoms. The molecule has 154 valence electrons. The highest BCUT2D eigenvalue weighted by Crippen LogP contribution is 2.64. The van der Waals surface area contributed by atoms with Gasteiger partial charge in [0.2, 0.25) is 0 Å². The first-order chi connectivity index (χ1) is 14.0. The van der Waals surface area contributed by atoms with Crippen LogP contribution < -0.4 is 5.43 Å². The average Bonchev–Trinajstić information content (AvgIpc) is 3.08. The molecule has 5 rings (SSSR count). The van der Waals surface area contributed by atoms with Gasteiger partial charge in [0.15, 0.2) is 0 Å². The van der Waals surface area contributed by atoms with E-state index in [9.17, 15) is 4.79 Å². The fourth-order valence-corrected chi connectivity index (χ4v) is 7.50. The smallest absolute Gasteiger partial charge is 0.267 e. The molecule has 0 saturated heterocycles. The first-order valence-corrected chi connectivity index (χ1v) is 11.4. The van der Waals surface area contributed by atoms with Crippen LogP contribution in [0, 0.1) is 34.5 Å². The van der Waals surface area contributed by atoms with Crippen LogP contribution in [0.4, 0.5) is 0 Å². The average molecular weight is 392 g/mol. The third kappa shape index (κ3) is 2.98. The van der Waals surface area contributed by atoms with Crippen molar-refractivity contribution >= 4 is 11.6 Å². The molecule has 1 amide bonds. The van der Waals surface area contributed by atoms with Gasteiger partial charge < -0.3 is 0 Å². The summed E-state index contributed by atoms with van der Waals surface area (Å²) >= 11 is 0. The molecule has 1 aromatic heterocycles. The Morgan fingerprint density at radius 2 is 1.93 bits per heavy atom. The number of rotatable bonds is 2. The van der Waals surface area contributed by atoms with Crippen molar-refractivity contribution in [1.29, 1.82) is 0 Å². The van der Waals surface area contributed by atoms with Crippen molar-refractivity contribution in [3.8, 4) is 0 Å². The van der Waals surface area contributed by atoms with Gasteiger partial charge in [0, 0.05) is 29.1 Å². The van der Waals surface area contributed by atoms with Crippen molar-refractivity contribution in [3.05, 3.63) is 42.2 Å². The number of hydrogen-bond acceptors (Lipinski definition) is 3. The largest absolute Gasteiger partial charge is 0.271 e. The molecule has 0 aliphatic heterocycles. The van der Waals surface area contributed by atoms with E-state index in [0.717, 1.165) is 30.1 Å². The van der Waals surface area contributed by atoms with Crippen molar-refractivity contribution < 1.29 is 4.79 Å². The lowest BCUT2D eigenvalue weighted by atomic mass is 9.46. The molecule has 1 heterocycles. The predicted octanol–water partition coefficient (Wildman–Crippen LogP) is 5.38. The fourth-order valence-electron chi connectivity index (χ4n) is 7.50. The number of hydrazone groups is 1. The molecule has 1 N–H and O–H groups in total. The van der Waals surface area contributed by atoms with E-state index in [2.05, 4.69) is 41.5 Å². The van der Waals surface area contributed by atoms with Gasteiger partial charge in [-0.25, -0.2) is 5.43 Å². The maximum absolute atomic E-state index is 12.4. The molecule has 0 aromatic carbocycles. The number of amides is 1. The number of fused-ring (bicyclic) bond motifs is 5. The minimum atomic E-state index is -0.136. The van der Waals surface area contributed by atoms with Gasteiger partial charge in [-0.05, 0) is 92.6 Å². The van der Waals surface area contributed by atoms with E-state index in [4.69, 9.17) is 0 Å². The Hall–Kier alpha value is -1.97. The van der Waals surface area contributed by atoms with Gasteiger partial charge in [-0.2, -0.15) is 5.10 Å². The highest BCUT2D eigenvalue weighted by atomic mass is 16.2. The Balaban J connectivity index is 1.35. The van der Waals surface area contributed by atoms with Gasteiger partial charge in [-0.15, -0.1) is 0 Å². The minimum Gasteiger partial charge on any atom is -0.267 e. The fraction of sp³-hybridized carbons (Fsp3) is 0.640. The van der Waals surface area contributed by atoms with Crippen molar-refractivity contribution in [2.75, 3.05) is 0 Å². The van der Waals surface area contributed by atoms with E-state index in [1.54, 1.807) is 24.5 Å². The summed E-state index contributed by atoms with van der Waals surface area (Å²) in [4.78, 5) is 16.4. The normalized spacial score (nSPS) is 42.1. The zero-order valence-corrected chi connectivity index (χ0v) is 17.7. The van der Waals surface area contributed by atoms with E-state index in [1.165, 1.54) is 50.7 Å². The van der Waals surface area contributed by atoms with Gasteiger partial charge in [-0.1, -0.05) is 26.0 Å². The van der Waals surface area contributed by atoms with E-state index in [1.807, 2.05) is 0 Å². The van der Waals surface area contributed by atoms with Crippen LogP contribution in [0.25, 0.3) is 0 Å². The van der Waals surface area contributed by atoms with Crippen LogP contribution >= 0.6 is 0 Å². The van der Waals surface area contributed by atoms with Crippen molar-refractivity contribution in [2.45, 2.75) is 65.2 Å². The standard InChI is InChI=1S/C25H33N3O/c1-24-13-4-3-5-18(24)6-7-19-20-8-9-22(25(20,2)14-10-21(19)24)27-28-23(29)17-11-15-26-16-12-17/h3-4,11-12,15-16,18-21H,5-10,13-14H2,1-2H3,(H,28,29)/b27-22-/t18-,19-,20+,21+,24+,25-/m1/s1. The molecule has 0 spiro atoms. The number of hydrogen-bond donors (Lipinski definition) is 1. The third-order valence-corrected chi connectivity index (χ3v) is 9.19. The molecule has 29 heavy (non-hydrogen) atoms. The highest BCUT2D eigenvalue weighted by molar-refractivity contribution is 5.97. The summed E-state index contributed by atoms with van der Waals surface area (Å²) in [6, 6.07) is 3.47. The van der Waals surface area contributed by atoms with Gasteiger partial charge in [0.25, 0.3) is 5.91 Å². The summed E-state index contributed by atoms with van der Waals surface area (Å²) < 4.78 is 0. The Bertz CT molecular complexity index is 847. The molecule has 3 saturated carbocycles. The predicted molar refractivity (Wildman–Crippen MR) is 115 cm³/mol. The number of nitrogens with zero attached hydrogens (tertiary/aromatic N) is 2. The lowest BCUT2D eigenvalue weighted by Crippen LogP contribution is -2.52. The lowest BCUT2D eigenvalue weighted by molar-refractivity contribution is -0.0761. The molecule has 0 bridgehead atoms. The lowest BCUT2D eigenvalue weighted by Gasteiger charge is -2.59. The highest BCUT2D eigenvalue weighted by Gasteiger charge is 2.58. The number of carbonyl (C=O) groups is 1. The molecular formula is C25H33N3O. The maximum atomic E-state index is 12.4. The Morgan fingerprint density at radius 1 is 1.10 bits per heavy atom. The molecule has 3 fully saturated rings. The Morgan fingerprint density at radius 3 is 2.76 bits per heavy atom. The second-order valence-electron chi connectivity index (χ2n) is 10.3. The van der Waals surface area contributed by atoms with Crippen molar-refractivity contribution in [1.82, 2.24) is 10.4 Å². The summed E-state index contributed by atoms with van der Waals surface area (Å²) in [5.41, 5.74) is 5.32. The number of carbonyl (C=O) groups excluding carboxylic acids is 1. The SMILES string of the molecule is C[C@]12CC=CC[C@@H]1CC[C@H]1[C@@H]2CC[C@@]2(C)/C(=N\NC(=O)c3ccncc3)CC[C@@H]12. The first-order valence-electron chi connectivity index (χ1n) is 11.4. The molecule has 6 atom stereocenters. The van der Waals surface area contributed by atoms with Gasteiger partial charge in [0.1, 0.15) is 0 Å². The minimum absolute atomic E-state index is 0.136. The molecular weight excluding hydrogens is 358 g/mol. The topological polar surface area (TPSA) is 54.4 Å². The van der Waals surface area contributed by atoms with Crippen LogP contribution in [0.2, 0.25) is 0 Å². The number of pyridine rings is 1. The van der Waals surface area contributed by atoms with Crippen LogP contribution in [-0.2, 0) is 0 Å². The Kier molecular flexibility index (Phi) is 4.64. The number of allylic oxidation sites excluding steroid dienone is 2. The molecule has 4 nitrogen and oxygen atoms in total. The quantitative estimate of drug-likeness (QED) is 0.544.